The summed E-state index contributed by atoms with van der Waals surface area (Å²) in [7, 11) is -5.24. The third-order valence-corrected chi connectivity index (χ3v) is 8.99. The lowest BCUT2D eigenvalue weighted by atomic mass is 9.74. The summed E-state index contributed by atoms with van der Waals surface area (Å²) in [6.07, 6.45) is 2.78. The predicted octanol–water partition coefficient (Wildman–Crippen LogP) is 0.183. The van der Waals surface area contributed by atoms with E-state index in [4.69, 9.17) is 25.8 Å². The number of rotatable bonds is 17. The van der Waals surface area contributed by atoms with Gasteiger partial charge in [-0.05, 0) is 44.5 Å². The van der Waals surface area contributed by atoms with Crippen molar-refractivity contribution in [1.82, 2.24) is 14.7 Å². The average molecular weight is 756 g/mol. The first-order chi connectivity index (χ1) is 23.2. The smallest absolute Gasteiger partial charge is 0.351 e. The molecule has 1 fully saturated rings. The van der Waals surface area contributed by atoms with Gasteiger partial charge in [0, 0.05) is 18.4 Å². The summed E-state index contributed by atoms with van der Waals surface area (Å²) in [5, 5.41) is 15.4. The molecular formula is C29H37N7O11S3. The highest BCUT2D eigenvalue weighted by Gasteiger charge is 2.57. The Morgan fingerprint density at radius 2 is 1.98 bits per heavy atom. The number of aliphatic carboxylic acids is 1. The normalized spacial score (nSPS) is 18.9. The number of aromatic nitrogens is 3. The van der Waals surface area contributed by atoms with Gasteiger partial charge < -0.3 is 35.4 Å². The summed E-state index contributed by atoms with van der Waals surface area (Å²) >= 11 is 0.982. The van der Waals surface area contributed by atoms with Gasteiger partial charge >= 0.3 is 5.97 Å². The number of nitrogens with two attached hydrogens (primary N) is 2. The highest BCUT2D eigenvalue weighted by molar-refractivity contribution is 7.80. The van der Waals surface area contributed by atoms with E-state index in [1.54, 1.807) is 12.1 Å². The number of benzene rings is 1. The molecule has 2 aliphatic heterocycles. The number of hydrogen-bond donors (Lipinski definition) is 3. The molecule has 50 heavy (non-hydrogen) atoms. The van der Waals surface area contributed by atoms with E-state index in [-0.39, 0.29) is 30.4 Å². The quantitative estimate of drug-likeness (QED) is 0.0316. The van der Waals surface area contributed by atoms with E-state index >= 15 is 0 Å². The van der Waals surface area contributed by atoms with Crippen molar-refractivity contribution in [1.29, 1.82) is 0 Å². The lowest BCUT2D eigenvalue weighted by Gasteiger charge is -2.51. The van der Waals surface area contributed by atoms with E-state index in [9.17, 15) is 32.5 Å². The van der Waals surface area contributed by atoms with Gasteiger partial charge in [-0.25, -0.2) is 18.2 Å². The molecule has 18 nitrogen and oxygen atoms in total. The number of carbonyl (C=O) groups excluding carboxylic acids is 2. The first kappa shape index (κ1) is 38.7. The number of ether oxygens (including phenoxy) is 2. The van der Waals surface area contributed by atoms with Crippen molar-refractivity contribution < 1.29 is 55.7 Å². The van der Waals surface area contributed by atoms with E-state index in [0.717, 1.165) is 42.0 Å². The Labute approximate surface area is 297 Å². The fourth-order valence-electron chi connectivity index (χ4n) is 5.34. The van der Waals surface area contributed by atoms with Gasteiger partial charge in [0.25, 0.3) is 12.0 Å². The molecule has 2 aromatic heterocycles. The molecule has 5 N–H and O–H groups in total. The van der Waals surface area contributed by atoms with Crippen LogP contribution >= 0.6 is 24.8 Å². The molecule has 0 spiro atoms. The molecule has 5 rings (SSSR count). The number of carboxylic acid groups (broad SMARTS) is 1. The molecule has 1 amide bonds. The van der Waals surface area contributed by atoms with E-state index in [2.05, 4.69) is 23.8 Å². The molecule has 0 bridgehead atoms. The van der Waals surface area contributed by atoms with Gasteiger partial charge in [0.1, 0.15) is 30.7 Å². The highest BCUT2D eigenvalue weighted by atomic mass is 32.3. The molecule has 1 aromatic carbocycles. The third kappa shape index (κ3) is 8.96. The summed E-state index contributed by atoms with van der Waals surface area (Å²) < 4.78 is 52.9. The molecule has 4 heterocycles. The topological polar surface area (TPSA) is 255 Å². The zero-order valence-corrected chi connectivity index (χ0v) is 29.6. The van der Waals surface area contributed by atoms with Crippen molar-refractivity contribution >= 4 is 63.7 Å². The number of anilines is 1. The number of hydrogen-bond acceptors (Lipinski definition) is 15. The van der Waals surface area contributed by atoms with Crippen LogP contribution in [0.25, 0.3) is 11.1 Å². The minimum Gasteiger partial charge on any atom is -0.724 e. The van der Waals surface area contributed by atoms with Crippen LogP contribution < -0.4 is 20.9 Å². The number of nitrogen functional groups attached to an aromatic ring is 1. The molecular weight excluding hydrogens is 719 g/mol. The Morgan fingerprint density at radius 1 is 1.26 bits per heavy atom. The van der Waals surface area contributed by atoms with E-state index < -0.39 is 64.4 Å². The maximum absolute atomic E-state index is 13.3. The maximum atomic E-state index is 13.3. The summed E-state index contributed by atoms with van der Waals surface area (Å²) in [4.78, 5) is 47.2. The second-order valence-corrected chi connectivity index (χ2v) is 13.7. The molecule has 3 aromatic rings. The number of carboxylic acids is 1. The van der Waals surface area contributed by atoms with E-state index in [1.807, 2.05) is 24.5 Å². The van der Waals surface area contributed by atoms with Crippen LogP contribution in [0.1, 0.15) is 32.4 Å². The number of amides is 1. The predicted molar refractivity (Wildman–Crippen MR) is 180 cm³/mol. The number of thiazole rings is 1. The highest BCUT2D eigenvalue weighted by Crippen LogP contribution is 2.40. The van der Waals surface area contributed by atoms with Crippen molar-refractivity contribution in [3.05, 3.63) is 47.7 Å². The molecule has 0 saturated carbocycles. The van der Waals surface area contributed by atoms with Gasteiger partial charge in [0.2, 0.25) is 16.6 Å². The molecule has 0 aliphatic carbocycles. The molecule has 272 valence electrons. The van der Waals surface area contributed by atoms with Crippen LogP contribution in [0.15, 0.2) is 47.2 Å². The minimum absolute atomic E-state index is 0. The Balaban J connectivity index is 0.00000562. The van der Waals surface area contributed by atoms with Gasteiger partial charge in [0.15, 0.2) is 23.2 Å². The summed E-state index contributed by atoms with van der Waals surface area (Å²) in [5.41, 5.74) is 11.3. The van der Waals surface area contributed by atoms with Crippen LogP contribution in [-0.4, -0.2) is 93.7 Å². The first-order valence-electron chi connectivity index (χ1n) is 15.0. The average Bonchev–Trinajstić information content (AvgIpc) is 3.75. The molecule has 0 unspecified atom stereocenters. The number of fused-ring (bicyclic) bond motifs is 1. The van der Waals surface area contributed by atoms with Crippen molar-refractivity contribution in [3.8, 4) is 16.9 Å². The Morgan fingerprint density at radius 3 is 2.56 bits per heavy atom. The Bertz CT molecular complexity index is 1820. The van der Waals surface area contributed by atoms with Crippen LogP contribution in [-0.2, 0) is 51.7 Å². The number of ketones is 1. The number of β-lactam (4-membered cyclic amide) rings is 1. The van der Waals surface area contributed by atoms with Crippen molar-refractivity contribution in [2.24, 2.45) is 16.8 Å². The van der Waals surface area contributed by atoms with Crippen LogP contribution in [0.2, 0.25) is 0 Å². The van der Waals surface area contributed by atoms with Crippen LogP contribution in [0.5, 0.6) is 5.75 Å². The Kier molecular flexibility index (Phi) is 12.2. The molecule has 1 saturated heterocycles. The molecule has 21 heteroatoms. The zero-order valence-electron chi connectivity index (χ0n) is 27.0. The lowest BCUT2D eigenvalue weighted by Crippen LogP contribution is -2.68. The van der Waals surface area contributed by atoms with E-state index in [0.29, 0.717) is 24.0 Å². The number of carbonyl (C=O) groups is 3. The summed E-state index contributed by atoms with van der Waals surface area (Å²) in [5.74, 6) is -3.88. The van der Waals surface area contributed by atoms with Gasteiger partial charge in [-0.15, -0.1) is 16.0 Å². The third-order valence-electron chi connectivity index (χ3n) is 7.98. The van der Waals surface area contributed by atoms with Crippen molar-refractivity contribution in [2.45, 2.75) is 57.5 Å². The Hall–Kier alpha value is -4.12. The van der Waals surface area contributed by atoms with Crippen LogP contribution in [0.3, 0.4) is 0 Å². The number of Topliss-reactive ketones (excluding diaryl/α,β-unsaturated/α-hetero) is 1. The largest absolute Gasteiger partial charge is 0.724 e. The monoisotopic (exact) mass is 755 g/mol. The fraction of sp³-hybridized carbons (Fsp3) is 0.448. The lowest BCUT2D eigenvalue weighted by molar-refractivity contribution is -0.760. The van der Waals surface area contributed by atoms with Crippen LogP contribution in [0, 0.1) is 5.92 Å². The van der Waals surface area contributed by atoms with Gasteiger partial charge in [-0.3, -0.25) is 9.59 Å². The zero-order chi connectivity index (χ0) is 35.5. The number of hydroxylamine groups is 2. The summed E-state index contributed by atoms with van der Waals surface area (Å²) in [6.45, 7) is 4.99. The fourth-order valence-corrected chi connectivity index (χ4v) is 6.34. The van der Waals surface area contributed by atoms with Crippen LogP contribution in [0.4, 0.5) is 5.13 Å². The van der Waals surface area contributed by atoms with Gasteiger partial charge in [-0.2, -0.15) is 27.5 Å². The van der Waals surface area contributed by atoms with Gasteiger partial charge in [0.05, 0.1) is 23.2 Å². The maximum Gasteiger partial charge on any atom is 0.351 e. The van der Waals surface area contributed by atoms with Crippen molar-refractivity contribution in [3.63, 3.8) is 0 Å². The first-order valence-corrected chi connectivity index (χ1v) is 17.2. The molecule has 0 radical (unpaired) electrons. The molecule has 2 aliphatic rings. The minimum atomic E-state index is -5.24. The van der Waals surface area contributed by atoms with E-state index in [1.165, 1.54) is 19.2 Å². The number of oxime groups is 1. The van der Waals surface area contributed by atoms with Crippen molar-refractivity contribution in [2.75, 3.05) is 25.5 Å². The second kappa shape index (κ2) is 15.8. The molecule has 2 atom stereocenters. The standard InChI is InChI=1S/C29H35N7O11S2.H2S/c1-29(2)21(26(38)36(29)47-49(41,42)43)10-23(37)25(22-16-48-28(31)32-22)33-46-24(27(39)40)15-45-19-6-4-17(5-7-19)18-11-34-13-20(14-35(34)12-18)44-9-3-8-30;/h4-7,11-12,16,20-21,24H,3,8-10,13-15,30H2,1-2H3,(H3-,31,32,39,40,41,42,43);1H2/b33-25-;/t21-,24+;/m1./s1. The second-order valence-electron chi connectivity index (χ2n) is 11.8. The SMILES string of the molecule is CC1(C)[C@H](CC(=O)/C(=N\O[C@@H](COc2ccc(-c3cn4[n+](c3)CC(OCCCN)C4)cc2)C(=O)O)c2csc(N)n2)C(=O)N1OS(=O)(=O)[O-].S. The summed E-state index contributed by atoms with van der Waals surface area (Å²) in [6, 6.07) is 7.02. The number of nitrogens with zero attached hydrogens (tertiary/aromatic N) is 5. The van der Waals surface area contributed by atoms with Gasteiger partial charge in [-0.1, -0.05) is 17.3 Å².